The van der Waals surface area contributed by atoms with E-state index in [1.807, 2.05) is 0 Å². The molecule has 1 fully saturated rings. The van der Waals surface area contributed by atoms with Crippen LogP contribution in [0.3, 0.4) is 0 Å². The summed E-state index contributed by atoms with van der Waals surface area (Å²) >= 11 is 0. The van der Waals surface area contributed by atoms with Gasteiger partial charge < -0.3 is 36.6 Å². The SMILES string of the molecule is CC(C)C(NC(=O)C(NC(=O)C(CO)NC(=O)C1CCCN1)C(C)O)C(=O)O. The molecule has 0 aliphatic carbocycles. The summed E-state index contributed by atoms with van der Waals surface area (Å²) < 4.78 is 0. The van der Waals surface area contributed by atoms with Crippen LogP contribution in [0.5, 0.6) is 0 Å². The predicted molar refractivity (Wildman–Crippen MR) is 98.1 cm³/mol. The van der Waals surface area contributed by atoms with Crippen molar-refractivity contribution in [1.29, 1.82) is 0 Å². The number of carbonyl (C=O) groups excluding carboxylic acids is 3. The van der Waals surface area contributed by atoms with Gasteiger partial charge in [0.05, 0.1) is 18.8 Å². The lowest BCUT2D eigenvalue weighted by atomic mass is 10.0. The lowest BCUT2D eigenvalue weighted by Crippen LogP contribution is -2.60. The molecule has 11 nitrogen and oxygen atoms in total. The molecule has 0 aromatic heterocycles. The fourth-order valence-electron chi connectivity index (χ4n) is 2.79. The molecule has 1 aliphatic rings. The second kappa shape index (κ2) is 10.9. The molecule has 160 valence electrons. The maximum atomic E-state index is 12.4. The number of carbonyl (C=O) groups is 4. The van der Waals surface area contributed by atoms with Gasteiger partial charge in [0.15, 0.2) is 0 Å². The van der Waals surface area contributed by atoms with Crippen LogP contribution in [-0.4, -0.2) is 82.4 Å². The minimum Gasteiger partial charge on any atom is -0.480 e. The van der Waals surface area contributed by atoms with Gasteiger partial charge in [-0.2, -0.15) is 0 Å². The van der Waals surface area contributed by atoms with E-state index in [0.29, 0.717) is 13.0 Å². The summed E-state index contributed by atoms with van der Waals surface area (Å²) in [7, 11) is 0. The first-order valence-corrected chi connectivity index (χ1v) is 9.24. The van der Waals surface area contributed by atoms with Crippen LogP contribution in [0.15, 0.2) is 0 Å². The Hall–Kier alpha value is -2.24. The molecule has 3 amide bonds. The molecular formula is C17H30N4O7. The number of carboxylic acids is 1. The Morgan fingerprint density at radius 2 is 1.64 bits per heavy atom. The highest BCUT2D eigenvalue weighted by molar-refractivity contribution is 5.94. The summed E-state index contributed by atoms with van der Waals surface area (Å²) in [6, 6.07) is -4.43. The van der Waals surface area contributed by atoms with Gasteiger partial charge in [0.2, 0.25) is 17.7 Å². The smallest absolute Gasteiger partial charge is 0.326 e. The zero-order valence-corrected chi connectivity index (χ0v) is 16.3. The third-order valence-electron chi connectivity index (χ3n) is 4.49. The van der Waals surface area contributed by atoms with E-state index in [-0.39, 0.29) is 0 Å². The molecule has 0 aromatic rings. The molecule has 0 aromatic carbocycles. The molecule has 0 radical (unpaired) electrons. The molecule has 11 heteroatoms. The van der Waals surface area contributed by atoms with Gasteiger partial charge in [-0.05, 0) is 32.2 Å². The zero-order valence-electron chi connectivity index (χ0n) is 16.3. The summed E-state index contributed by atoms with van der Waals surface area (Å²) in [4.78, 5) is 48.1. The summed E-state index contributed by atoms with van der Waals surface area (Å²) in [5.74, 6) is -3.87. The Kier molecular flexibility index (Phi) is 9.29. The minimum absolute atomic E-state index is 0.421. The van der Waals surface area contributed by atoms with E-state index in [0.717, 1.165) is 6.42 Å². The summed E-state index contributed by atoms with van der Waals surface area (Å²) in [6.07, 6.45) is 0.0896. The maximum Gasteiger partial charge on any atom is 0.326 e. The molecule has 1 rings (SSSR count). The average Bonchev–Trinajstić information content (AvgIpc) is 3.15. The topological polar surface area (TPSA) is 177 Å². The Balaban J connectivity index is 2.76. The molecule has 1 heterocycles. The molecule has 7 N–H and O–H groups in total. The lowest BCUT2D eigenvalue weighted by Gasteiger charge is -2.26. The van der Waals surface area contributed by atoms with Crippen LogP contribution >= 0.6 is 0 Å². The molecule has 28 heavy (non-hydrogen) atoms. The molecule has 1 saturated heterocycles. The van der Waals surface area contributed by atoms with Crippen LogP contribution in [0.25, 0.3) is 0 Å². The van der Waals surface area contributed by atoms with Gasteiger partial charge in [-0.1, -0.05) is 13.8 Å². The van der Waals surface area contributed by atoms with Gasteiger partial charge in [-0.3, -0.25) is 14.4 Å². The van der Waals surface area contributed by atoms with E-state index in [2.05, 4.69) is 21.3 Å². The van der Waals surface area contributed by atoms with Crippen LogP contribution < -0.4 is 21.3 Å². The largest absolute Gasteiger partial charge is 0.480 e. The first-order chi connectivity index (χ1) is 13.1. The van der Waals surface area contributed by atoms with E-state index in [1.54, 1.807) is 13.8 Å². The number of amides is 3. The zero-order chi connectivity index (χ0) is 21.4. The van der Waals surface area contributed by atoms with Crippen molar-refractivity contribution in [3.05, 3.63) is 0 Å². The van der Waals surface area contributed by atoms with Crippen LogP contribution in [-0.2, 0) is 19.2 Å². The third-order valence-corrected chi connectivity index (χ3v) is 4.49. The summed E-state index contributed by atoms with van der Waals surface area (Å²) in [6.45, 7) is 4.43. The normalized spacial score (nSPS) is 20.7. The van der Waals surface area contributed by atoms with Crippen molar-refractivity contribution >= 4 is 23.7 Å². The van der Waals surface area contributed by atoms with Gasteiger partial charge >= 0.3 is 5.97 Å². The van der Waals surface area contributed by atoms with E-state index in [4.69, 9.17) is 0 Å². The van der Waals surface area contributed by atoms with Crippen LogP contribution in [0.1, 0.15) is 33.6 Å². The van der Waals surface area contributed by atoms with Crippen molar-refractivity contribution in [3.63, 3.8) is 0 Å². The van der Waals surface area contributed by atoms with E-state index in [1.165, 1.54) is 6.92 Å². The first-order valence-electron chi connectivity index (χ1n) is 9.24. The number of hydrogen-bond acceptors (Lipinski definition) is 7. The number of carboxylic acid groups (broad SMARTS) is 1. The Morgan fingerprint density at radius 3 is 2.07 bits per heavy atom. The highest BCUT2D eigenvalue weighted by Gasteiger charge is 2.33. The predicted octanol–water partition coefficient (Wildman–Crippen LogP) is -2.69. The number of aliphatic carboxylic acids is 1. The molecular weight excluding hydrogens is 372 g/mol. The van der Waals surface area contributed by atoms with Crippen LogP contribution in [0.2, 0.25) is 0 Å². The van der Waals surface area contributed by atoms with Crippen molar-refractivity contribution < 1.29 is 34.5 Å². The van der Waals surface area contributed by atoms with Crippen molar-refractivity contribution in [2.45, 2.75) is 63.9 Å². The Bertz CT molecular complexity index is 576. The van der Waals surface area contributed by atoms with Crippen LogP contribution in [0, 0.1) is 5.92 Å². The molecule has 0 spiro atoms. The minimum atomic E-state index is -1.45. The van der Waals surface area contributed by atoms with Crippen LogP contribution in [0.4, 0.5) is 0 Å². The lowest BCUT2D eigenvalue weighted by molar-refractivity contribution is -0.144. The number of aliphatic hydroxyl groups is 2. The fraction of sp³-hybridized carbons (Fsp3) is 0.765. The van der Waals surface area contributed by atoms with Gasteiger partial charge in [-0.25, -0.2) is 4.79 Å². The maximum absolute atomic E-state index is 12.4. The average molecular weight is 402 g/mol. The number of hydrogen-bond donors (Lipinski definition) is 7. The second-order valence-electron chi connectivity index (χ2n) is 7.19. The quantitative estimate of drug-likeness (QED) is 0.206. The van der Waals surface area contributed by atoms with Gasteiger partial charge in [0.1, 0.15) is 18.1 Å². The Morgan fingerprint density at radius 1 is 1.04 bits per heavy atom. The Labute approximate surface area is 163 Å². The van der Waals surface area contributed by atoms with Gasteiger partial charge in [0.25, 0.3) is 0 Å². The molecule has 1 aliphatic heterocycles. The third kappa shape index (κ3) is 6.73. The van der Waals surface area contributed by atoms with E-state index in [9.17, 15) is 34.5 Å². The standard InChI is InChI=1S/C17H30N4O7/c1-8(2)12(17(27)28)20-16(26)13(9(3)23)21-15(25)11(7-22)19-14(24)10-5-4-6-18-10/h8-13,18,22-23H,4-7H2,1-3H3,(H,19,24)(H,20,26)(H,21,25)(H,27,28). The number of aliphatic hydroxyl groups excluding tert-OH is 2. The molecule has 0 saturated carbocycles. The molecule has 5 atom stereocenters. The van der Waals surface area contributed by atoms with Crippen molar-refractivity contribution in [1.82, 2.24) is 21.3 Å². The first kappa shape index (κ1) is 23.8. The highest BCUT2D eigenvalue weighted by Crippen LogP contribution is 2.06. The summed E-state index contributed by atoms with van der Waals surface area (Å²) in [5.41, 5.74) is 0. The van der Waals surface area contributed by atoms with Crippen molar-refractivity contribution in [2.24, 2.45) is 5.92 Å². The molecule has 0 bridgehead atoms. The van der Waals surface area contributed by atoms with Crippen molar-refractivity contribution in [3.8, 4) is 0 Å². The fourth-order valence-corrected chi connectivity index (χ4v) is 2.79. The summed E-state index contributed by atoms with van der Waals surface area (Å²) in [5, 5.41) is 38.3. The second-order valence-corrected chi connectivity index (χ2v) is 7.19. The van der Waals surface area contributed by atoms with Gasteiger partial charge in [-0.15, -0.1) is 0 Å². The van der Waals surface area contributed by atoms with Crippen molar-refractivity contribution in [2.75, 3.05) is 13.2 Å². The number of rotatable bonds is 10. The van der Waals surface area contributed by atoms with E-state index < -0.39 is 66.5 Å². The monoisotopic (exact) mass is 402 g/mol. The highest BCUT2D eigenvalue weighted by atomic mass is 16.4. The molecule has 5 unspecified atom stereocenters. The number of nitrogens with one attached hydrogen (secondary N) is 4. The van der Waals surface area contributed by atoms with E-state index >= 15 is 0 Å². The van der Waals surface area contributed by atoms with Gasteiger partial charge in [0, 0.05) is 0 Å².